The molecule has 0 atom stereocenters. The highest BCUT2D eigenvalue weighted by Gasteiger charge is 2.21. The summed E-state index contributed by atoms with van der Waals surface area (Å²) in [5.74, 6) is 0.0916. The second-order valence-corrected chi connectivity index (χ2v) is 8.44. The van der Waals surface area contributed by atoms with Gasteiger partial charge >= 0.3 is 0 Å². The van der Waals surface area contributed by atoms with Gasteiger partial charge in [0.1, 0.15) is 0 Å². The third-order valence-electron chi connectivity index (χ3n) is 4.66. The van der Waals surface area contributed by atoms with Crippen LogP contribution in [-0.2, 0) is 11.3 Å². The van der Waals surface area contributed by atoms with Crippen molar-refractivity contribution >= 4 is 11.6 Å². The lowest BCUT2D eigenvalue weighted by Gasteiger charge is -2.37. The van der Waals surface area contributed by atoms with Gasteiger partial charge in [-0.2, -0.15) is 0 Å². The van der Waals surface area contributed by atoms with E-state index in [1.165, 1.54) is 19.6 Å². The van der Waals surface area contributed by atoms with Gasteiger partial charge in [-0.3, -0.25) is 9.69 Å². The van der Waals surface area contributed by atoms with E-state index >= 15 is 0 Å². The predicted molar refractivity (Wildman–Crippen MR) is 109 cm³/mol. The number of piperazine rings is 1. The van der Waals surface area contributed by atoms with Gasteiger partial charge in [0, 0.05) is 64.5 Å². The standard InChI is InChI=1S/C21H36N4O/c1-5-20(26)23-16-18-7-6-8-19(15-18)22-9-10-24-11-13-25(14-12-24)17-21(2,3)4/h6-8,15,22H,5,9-14,16-17H2,1-4H3,(H,23,26). The van der Waals surface area contributed by atoms with E-state index < -0.39 is 0 Å². The summed E-state index contributed by atoms with van der Waals surface area (Å²) in [6, 6.07) is 8.31. The summed E-state index contributed by atoms with van der Waals surface area (Å²) < 4.78 is 0. The Morgan fingerprint density at radius 3 is 2.46 bits per heavy atom. The lowest BCUT2D eigenvalue weighted by atomic mass is 9.96. The molecule has 0 aromatic heterocycles. The van der Waals surface area contributed by atoms with Crippen LogP contribution in [0.15, 0.2) is 24.3 Å². The van der Waals surface area contributed by atoms with Crippen molar-refractivity contribution in [2.24, 2.45) is 5.41 Å². The van der Waals surface area contributed by atoms with Crippen LogP contribution in [0.5, 0.6) is 0 Å². The summed E-state index contributed by atoms with van der Waals surface area (Å²) in [6.45, 7) is 17.2. The zero-order chi connectivity index (χ0) is 19.0. The van der Waals surface area contributed by atoms with Gasteiger partial charge in [0.15, 0.2) is 0 Å². The van der Waals surface area contributed by atoms with Crippen LogP contribution in [0.3, 0.4) is 0 Å². The van der Waals surface area contributed by atoms with Gasteiger partial charge in [-0.15, -0.1) is 0 Å². The quantitative estimate of drug-likeness (QED) is 0.748. The first-order valence-corrected chi connectivity index (χ1v) is 9.90. The summed E-state index contributed by atoms with van der Waals surface area (Å²) in [7, 11) is 0. The van der Waals surface area contributed by atoms with Crippen LogP contribution in [0.2, 0.25) is 0 Å². The number of benzene rings is 1. The molecule has 0 radical (unpaired) electrons. The van der Waals surface area contributed by atoms with Crippen LogP contribution in [0.4, 0.5) is 5.69 Å². The smallest absolute Gasteiger partial charge is 0.219 e. The number of nitrogens with one attached hydrogen (secondary N) is 2. The van der Waals surface area contributed by atoms with E-state index in [2.05, 4.69) is 59.4 Å². The molecule has 1 aliphatic rings. The maximum atomic E-state index is 11.4. The van der Waals surface area contributed by atoms with E-state index in [-0.39, 0.29) is 5.91 Å². The molecule has 0 bridgehead atoms. The Labute approximate surface area is 159 Å². The fourth-order valence-corrected chi connectivity index (χ4v) is 3.32. The predicted octanol–water partition coefficient (Wildman–Crippen LogP) is 2.79. The van der Waals surface area contributed by atoms with Crippen molar-refractivity contribution in [1.29, 1.82) is 0 Å². The molecule has 1 aromatic carbocycles. The molecule has 1 amide bonds. The maximum Gasteiger partial charge on any atom is 0.219 e. The van der Waals surface area contributed by atoms with Crippen molar-refractivity contribution in [3.8, 4) is 0 Å². The minimum atomic E-state index is 0.0916. The van der Waals surface area contributed by atoms with Gasteiger partial charge in [-0.1, -0.05) is 39.8 Å². The lowest BCUT2D eigenvalue weighted by molar-refractivity contribution is -0.120. The molecule has 0 aliphatic carbocycles. The van der Waals surface area contributed by atoms with E-state index in [4.69, 9.17) is 0 Å². The number of carbonyl (C=O) groups is 1. The Hall–Kier alpha value is -1.59. The third-order valence-corrected chi connectivity index (χ3v) is 4.66. The fourth-order valence-electron chi connectivity index (χ4n) is 3.32. The molecule has 0 saturated carbocycles. The largest absolute Gasteiger partial charge is 0.384 e. The van der Waals surface area contributed by atoms with Crippen molar-refractivity contribution in [2.75, 3.05) is 51.1 Å². The van der Waals surface area contributed by atoms with Crippen LogP contribution in [0.25, 0.3) is 0 Å². The molecule has 1 heterocycles. The molecule has 1 fully saturated rings. The molecule has 5 nitrogen and oxygen atoms in total. The van der Waals surface area contributed by atoms with Gasteiger partial charge in [-0.25, -0.2) is 0 Å². The maximum absolute atomic E-state index is 11.4. The van der Waals surface area contributed by atoms with Crippen LogP contribution in [0.1, 0.15) is 39.7 Å². The summed E-state index contributed by atoms with van der Waals surface area (Å²) >= 11 is 0. The van der Waals surface area contributed by atoms with Crippen LogP contribution in [0, 0.1) is 5.41 Å². The molecule has 1 aromatic rings. The Balaban J connectivity index is 1.68. The van der Waals surface area contributed by atoms with Crippen LogP contribution < -0.4 is 10.6 Å². The van der Waals surface area contributed by atoms with Gasteiger partial charge < -0.3 is 15.5 Å². The van der Waals surface area contributed by atoms with E-state index in [1.807, 2.05) is 13.0 Å². The topological polar surface area (TPSA) is 47.6 Å². The average Bonchev–Trinajstić information content (AvgIpc) is 2.60. The monoisotopic (exact) mass is 360 g/mol. The van der Waals surface area contributed by atoms with Gasteiger partial charge in [0.2, 0.25) is 5.91 Å². The van der Waals surface area contributed by atoms with E-state index in [9.17, 15) is 4.79 Å². The summed E-state index contributed by atoms with van der Waals surface area (Å²) in [5.41, 5.74) is 2.64. The molecule has 2 rings (SSSR count). The molecule has 0 spiro atoms. The first-order valence-electron chi connectivity index (χ1n) is 9.90. The molecule has 0 unspecified atom stereocenters. The third kappa shape index (κ3) is 7.75. The fraction of sp³-hybridized carbons (Fsp3) is 0.667. The van der Waals surface area contributed by atoms with Crippen molar-refractivity contribution in [3.63, 3.8) is 0 Å². The van der Waals surface area contributed by atoms with Gasteiger partial charge in [0.05, 0.1) is 0 Å². The molecule has 5 heteroatoms. The Bertz CT molecular complexity index is 559. The van der Waals surface area contributed by atoms with Crippen molar-refractivity contribution in [1.82, 2.24) is 15.1 Å². The number of amides is 1. The van der Waals surface area contributed by atoms with Crippen LogP contribution >= 0.6 is 0 Å². The number of rotatable bonds is 8. The van der Waals surface area contributed by atoms with Gasteiger partial charge in [-0.05, 0) is 23.1 Å². The minimum absolute atomic E-state index is 0.0916. The Morgan fingerprint density at radius 2 is 1.81 bits per heavy atom. The normalized spacial score (nSPS) is 16.5. The minimum Gasteiger partial charge on any atom is -0.384 e. The Morgan fingerprint density at radius 1 is 1.12 bits per heavy atom. The number of hydrogen-bond donors (Lipinski definition) is 2. The molecule has 2 N–H and O–H groups in total. The highest BCUT2D eigenvalue weighted by molar-refractivity contribution is 5.75. The van der Waals surface area contributed by atoms with Crippen LogP contribution in [-0.4, -0.2) is 61.5 Å². The molecule has 1 saturated heterocycles. The summed E-state index contributed by atoms with van der Waals surface area (Å²) in [4.78, 5) is 16.5. The van der Waals surface area contributed by atoms with Crippen molar-refractivity contribution in [2.45, 2.75) is 40.7 Å². The molecule has 26 heavy (non-hydrogen) atoms. The number of hydrogen-bond acceptors (Lipinski definition) is 4. The highest BCUT2D eigenvalue weighted by Crippen LogP contribution is 2.16. The molecule has 1 aliphatic heterocycles. The number of nitrogens with zero attached hydrogens (tertiary/aromatic N) is 2. The SMILES string of the molecule is CCC(=O)NCc1cccc(NCCN2CCN(CC(C)(C)C)CC2)c1. The number of anilines is 1. The van der Waals surface area contributed by atoms with Gasteiger partial charge in [0.25, 0.3) is 0 Å². The van der Waals surface area contributed by atoms with E-state index in [0.29, 0.717) is 18.4 Å². The first kappa shape index (κ1) is 20.7. The molecular weight excluding hydrogens is 324 g/mol. The second-order valence-electron chi connectivity index (χ2n) is 8.44. The molecular formula is C21H36N4O. The zero-order valence-corrected chi connectivity index (χ0v) is 17.0. The zero-order valence-electron chi connectivity index (χ0n) is 17.0. The first-order chi connectivity index (χ1) is 12.4. The second kappa shape index (κ2) is 9.93. The van der Waals surface area contributed by atoms with Crippen molar-refractivity contribution in [3.05, 3.63) is 29.8 Å². The molecule has 146 valence electrons. The number of carbonyl (C=O) groups excluding carboxylic acids is 1. The van der Waals surface area contributed by atoms with E-state index in [1.54, 1.807) is 0 Å². The van der Waals surface area contributed by atoms with E-state index in [0.717, 1.165) is 37.4 Å². The Kier molecular flexibility index (Phi) is 7.91. The summed E-state index contributed by atoms with van der Waals surface area (Å²) in [6.07, 6.45) is 0.529. The summed E-state index contributed by atoms with van der Waals surface area (Å²) in [5, 5.41) is 6.44. The lowest BCUT2D eigenvalue weighted by Crippen LogP contribution is -2.49. The highest BCUT2D eigenvalue weighted by atomic mass is 16.1. The van der Waals surface area contributed by atoms with Crippen molar-refractivity contribution < 1.29 is 4.79 Å². The average molecular weight is 361 g/mol.